The van der Waals surface area contributed by atoms with Crippen LogP contribution >= 0.6 is 38.9 Å². The van der Waals surface area contributed by atoms with E-state index in [1.807, 2.05) is 29.6 Å². The molecule has 1 N–H and O–H groups in total. The Morgan fingerprint density at radius 3 is 2.88 bits per heavy atom. The van der Waals surface area contributed by atoms with E-state index in [4.69, 9.17) is 16.3 Å². The molecule has 0 unspecified atom stereocenters. The van der Waals surface area contributed by atoms with Crippen molar-refractivity contribution in [3.8, 4) is 17.0 Å². The molecule has 3 aromatic rings. The quantitative estimate of drug-likeness (QED) is 0.610. The predicted octanol–water partition coefficient (Wildman–Crippen LogP) is 5.24. The first-order valence-corrected chi connectivity index (χ1v) is 9.05. The van der Waals surface area contributed by atoms with Crippen LogP contribution in [-0.2, 0) is 4.79 Å². The van der Waals surface area contributed by atoms with Gasteiger partial charge in [0.1, 0.15) is 5.75 Å². The lowest BCUT2D eigenvalue weighted by Crippen LogP contribution is -2.20. The van der Waals surface area contributed by atoms with E-state index in [0.717, 1.165) is 15.7 Å². The molecule has 0 aliphatic heterocycles. The number of anilines is 1. The van der Waals surface area contributed by atoms with Crippen molar-refractivity contribution in [3.05, 3.63) is 63.4 Å². The Hall–Kier alpha value is -1.89. The molecule has 0 bridgehead atoms. The highest BCUT2D eigenvalue weighted by molar-refractivity contribution is 9.10. The van der Waals surface area contributed by atoms with Crippen molar-refractivity contribution in [2.45, 2.75) is 0 Å². The highest BCUT2D eigenvalue weighted by Gasteiger charge is 2.09. The van der Waals surface area contributed by atoms with Crippen molar-refractivity contribution in [1.29, 1.82) is 0 Å². The number of benzene rings is 2. The van der Waals surface area contributed by atoms with Gasteiger partial charge in [-0.3, -0.25) is 10.1 Å². The fraction of sp³-hybridized carbons (Fsp3) is 0.0588. The second-order valence-electron chi connectivity index (χ2n) is 4.84. The van der Waals surface area contributed by atoms with E-state index in [2.05, 4.69) is 26.2 Å². The summed E-state index contributed by atoms with van der Waals surface area (Å²) in [6.45, 7) is -0.105. The molecule has 24 heavy (non-hydrogen) atoms. The van der Waals surface area contributed by atoms with Crippen LogP contribution in [0.1, 0.15) is 0 Å². The zero-order valence-corrected chi connectivity index (χ0v) is 15.5. The molecular weight excluding hydrogens is 412 g/mol. The molecule has 0 aliphatic rings. The van der Waals surface area contributed by atoms with Crippen LogP contribution in [0.4, 0.5) is 5.13 Å². The number of carbonyl (C=O) groups is 1. The third-order valence-electron chi connectivity index (χ3n) is 3.04. The summed E-state index contributed by atoms with van der Waals surface area (Å²) in [4.78, 5) is 16.4. The Morgan fingerprint density at radius 1 is 1.25 bits per heavy atom. The van der Waals surface area contributed by atoms with Gasteiger partial charge in [0.25, 0.3) is 5.91 Å². The lowest BCUT2D eigenvalue weighted by Gasteiger charge is -2.05. The smallest absolute Gasteiger partial charge is 0.264 e. The fourth-order valence-corrected chi connectivity index (χ4v) is 3.29. The molecule has 4 nitrogen and oxygen atoms in total. The Kier molecular flexibility index (Phi) is 5.50. The van der Waals surface area contributed by atoms with Crippen molar-refractivity contribution in [2.75, 3.05) is 11.9 Å². The highest BCUT2D eigenvalue weighted by Crippen LogP contribution is 2.26. The summed E-state index contributed by atoms with van der Waals surface area (Å²) < 4.78 is 6.38. The fourth-order valence-electron chi connectivity index (χ4n) is 1.97. The first kappa shape index (κ1) is 17.0. The van der Waals surface area contributed by atoms with Gasteiger partial charge in [0.2, 0.25) is 0 Å². The maximum atomic E-state index is 12.0. The molecule has 1 aromatic heterocycles. The van der Waals surface area contributed by atoms with Crippen LogP contribution in [0.2, 0.25) is 5.02 Å². The van der Waals surface area contributed by atoms with Crippen LogP contribution in [0.25, 0.3) is 11.3 Å². The second kappa shape index (κ2) is 7.79. The number of halogens is 2. The van der Waals surface area contributed by atoms with Gasteiger partial charge in [-0.25, -0.2) is 4.98 Å². The molecule has 2 aromatic carbocycles. The van der Waals surface area contributed by atoms with E-state index < -0.39 is 0 Å². The van der Waals surface area contributed by atoms with Crippen LogP contribution in [0, 0.1) is 0 Å². The van der Waals surface area contributed by atoms with Gasteiger partial charge < -0.3 is 4.74 Å². The van der Waals surface area contributed by atoms with Gasteiger partial charge in [-0.1, -0.05) is 45.7 Å². The molecule has 1 amide bonds. The zero-order valence-electron chi connectivity index (χ0n) is 12.3. The predicted molar refractivity (Wildman–Crippen MR) is 101 cm³/mol. The monoisotopic (exact) mass is 422 g/mol. The summed E-state index contributed by atoms with van der Waals surface area (Å²) in [5, 5.41) is 5.72. The average Bonchev–Trinajstić information content (AvgIpc) is 3.01. The number of carbonyl (C=O) groups excluding carboxylic acids is 1. The normalized spacial score (nSPS) is 10.4. The van der Waals surface area contributed by atoms with Crippen LogP contribution in [0.15, 0.2) is 58.4 Å². The van der Waals surface area contributed by atoms with Gasteiger partial charge in [-0.05, 0) is 30.3 Å². The van der Waals surface area contributed by atoms with Crippen LogP contribution in [0.5, 0.6) is 5.75 Å². The van der Waals surface area contributed by atoms with E-state index in [1.54, 1.807) is 24.3 Å². The van der Waals surface area contributed by atoms with Gasteiger partial charge in [0.15, 0.2) is 11.7 Å². The van der Waals surface area contributed by atoms with Gasteiger partial charge in [-0.2, -0.15) is 0 Å². The van der Waals surface area contributed by atoms with E-state index >= 15 is 0 Å². The first-order chi connectivity index (χ1) is 11.6. The Labute approximate surface area is 156 Å². The minimum atomic E-state index is -0.273. The lowest BCUT2D eigenvalue weighted by molar-refractivity contribution is -0.118. The standard InChI is InChI=1S/C17H12BrClN2O2S/c18-12-4-1-3-11(7-12)15-10-24-17(20-15)21-16(22)9-23-14-6-2-5-13(19)8-14/h1-8,10H,9H2,(H,20,21,22). The summed E-state index contributed by atoms with van der Waals surface area (Å²) in [5.74, 6) is 0.275. The first-order valence-electron chi connectivity index (χ1n) is 7.00. The van der Waals surface area contributed by atoms with E-state index in [1.165, 1.54) is 11.3 Å². The molecule has 0 aliphatic carbocycles. The summed E-state index contributed by atoms with van der Waals surface area (Å²) in [6, 6.07) is 14.7. The molecule has 7 heteroatoms. The van der Waals surface area contributed by atoms with Crippen molar-refractivity contribution in [3.63, 3.8) is 0 Å². The zero-order chi connectivity index (χ0) is 16.9. The molecule has 3 rings (SSSR count). The number of thiazole rings is 1. The maximum Gasteiger partial charge on any atom is 0.264 e. The number of amides is 1. The second-order valence-corrected chi connectivity index (χ2v) is 7.05. The Morgan fingerprint density at radius 2 is 2.08 bits per heavy atom. The van der Waals surface area contributed by atoms with Crippen molar-refractivity contribution < 1.29 is 9.53 Å². The number of rotatable bonds is 5. The van der Waals surface area contributed by atoms with Crippen molar-refractivity contribution >= 4 is 49.9 Å². The number of nitrogens with one attached hydrogen (secondary N) is 1. The summed E-state index contributed by atoms with van der Waals surface area (Å²) >= 11 is 10.7. The molecule has 0 radical (unpaired) electrons. The van der Waals surface area contributed by atoms with Gasteiger partial charge >= 0.3 is 0 Å². The minimum Gasteiger partial charge on any atom is -0.484 e. The van der Waals surface area contributed by atoms with E-state index in [0.29, 0.717) is 15.9 Å². The third-order valence-corrected chi connectivity index (χ3v) is 4.52. The summed E-state index contributed by atoms with van der Waals surface area (Å²) in [5.41, 5.74) is 1.80. The Bertz CT molecular complexity index is 869. The van der Waals surface area contributed by atoms with E-state index in [-0.39, 0.29) is 12.5 Å². The molecule has 1 heterocycles. The largest absolute Gasteiger partial charge is 0.484 e. The SMILES string of the molecule is O=C(COc1cccc(Cl)c1)Nc1nc(-c2cccc(Br)c2)cs1. The topological polar surface area (TPSA) is 51.2 Å². The van der Waals surface area contributed by atoms with E-state index in [9.17, 15) is 4.79 Å². The number of hydrogen-bond acceptors (Lipinski definition) is 4. The van der Waals surface area contributed by atoms with Gasteiger partial charge in [0.05, 0.1) is 5.69 Å². The molecule has 122 valence electrons. The van der Waals surface area contributed by atoms with Gasteiger partial charge in [-0.15, -0.1) is 11.3 Å². The van der Waals surface area contributed by atoms with Crippen LogP contribution in [-0.4, -0.2) is 17.5 Å². The Balaban J connectivity index is 1.59. The molecule has 0 atom stereocenters. The lowest BCUT2D eigenvalue weighted by atomic mass is 10.2. The summed E-state index contributed by atoms with van der Waals surface area (Å²) in [6.07, 6.45) is 0. The maximum absolute atomic E-state index is 12.0. The minimum absolute atomic E-state index is 0.105. The van der Waals surface area contributed by atoms with Crippen molar-refractivity contribution in [2.24, 2.45) is 0 Å². The highest BCUT2D eigenvalue weighted by atomic mass is 79.9. The molecule has 0 fully saturated rings. The molecule has 0 spiro atoms. The van der Waals surface area contributed by atoms with Crippen LogP contribution in [0.3, 0.4) is 0 Å². The summed E-state index contributed by atoms with van der Waals surface area (Å²) in [7, 11) is 0. The number of ether oxygens (including phenoxy) is 1. The number of nitrogens with zero attached hydrogens (tertiary/aromatic N) is 1. The van der Waals surface area contributed by atoms with Crippen LogP contribution < -0.4 is 10.1 Å². The average molecular weight is 424 g/mol. The van der Waals surface area contributed by atoms with Gasteiger partial charge in [0, 0.05) is 20.4 Å². The molecule has 0 saturated heterocycles. The molecular formula is C17H12BrClN2O2S. The van der Waals surface area contributed by atoms with Crippen molar-refractivity contribution in [1.82, 2.24) is 4.98 Å². The third kappa shape index (κ3) is 4.56. The number of hydrogen-bond donors (Lipinski definition) is 1. The number of aromatic nitrogens is 1. The molecule has 0 saturated carbocycles.